The Kier molecular flexibility index (Phi) is 3.14. The van der Waals surface area contributed by atoms with Crippen LogP contribution in [0.15, 0.2) is 40.8 Å². The van der Waals surface area contributed by atoms with Crippen molar-refractivity contribution in [2.45, 2.75) is 19.8 Å². The van der Waals surface area contributed by atoms with Crippen molar-refractivity contribution in [2.75, 3.05) is 11.4 Å². The van der Waals surface area contributed by atoms with Crippen LogP contribution in [0.4, 0.5) is 5.69 Å². The van der Waals surface area contributed by atoms with Gasteiger partial charge in [-0.3, -0.25) is 9.59 Å². The Morgan fingerprint density at radius 1 is 1.25 bits per heavy atom. The summed E-state index contributed by atoms with van der Waals surface area (Å²) < 4.78 is 5.51. The summed E-state index contributed by atoms with van der Waals surface area (Å²) in [4.78, 5) is 26.0. The summed E-state index contributed by atoms with van der Waals surface area (Å²) in [5.41, 5.74) is 1.28. The summed E-state index contributed by atoms with van der Waals surface area (Å²) in [6, 6.07) is 10.7. The SMILES string of the molecule is CCc1ccc(C(=O)N2CCC(=O)c3ccccc32)o1. The topological polar surface area (TPSA) is 50.5 Å². The zero-order valence-electron chi connectivity index (χ0n) is 11.3. The summed E-state index contributed by atoms with van der Waals surface area (Å²) in [6.07, 6.45) is 1.10. The monoisotopic (exact) mass is 269 g/mol. The summed E-state index contributed by atoms with van der Waals surface area (Å²) in [6.45, 7) is 2.37. The molecule has 1 aliphatic heterocycles. The number of aryl methyl sites for hydroxylation is 1. The van der Waals surface area contributed by atoms with Gasteiger partial charge in [0.25, 0.3) is 5.91 Å². The van der Waals surface area contributed by atoms with E-state index in [9.17, 15) is 9.59 Å². The molecule has 1 amide bonds. The zero-order valence-corrected chi connectivity index (χ0v) is 11.3. The first-order valence-electron chi connectivity index (χ1n) is 6.73. The van der Waals surface area contributed by atoms with E-state index in [0.717, 1.165) is 12.2 Å². The first kappa shape index (κ1) is 12.7. The van der Waals surface area contributed by atoms with Gasteiger partial charge in [-0.05, 0) is 24.3 Å². The van der Waals surface area contributed by atoms with E-state index in [4.69, 9.17) is 4.42 Å². The molecule has 102 valence electrons. The number of amides is 1. The van der Waals surface area contributed by atoms with Crippen molar-refractivity contribution in [2.24, 2.45) is 0 Å². The predicted molar refractivity (Wildman–Crippen MR) is 75.2 cm³/mol. The van der Waals surface area contributed by atoms with E-state index in [1.807, 2.05) is 25.1 Å². The van der Waals surface area contributed by atoms with E-state index >= 15 is 0 Å². The third-order valence-electron chi connectivity index (χ3n) is 3.52. The Morgan fingerprint density at radius 3 is 2.80 bits per heavy atom. The van der Waals surface area contributed by atoms with Gasteiger partial charge in [0, 0.05) is 24.9 Å². The molecule has 1 aromatic heterocycles. The lowest BCUT2D eigenvalue weighted by molar-refractivity contribution is 0.0938. The van der Waals surface area contributed by atoms with Gasteiger partial charge in [-0.1, -0.05) is 19.1 Å². The maximum Gasteiger partial charge on any atom is 0.294 e. The molecule has 2 heterocycles. The number of hydrogen-bond acceptors (Lipinski definition) is 3. The summed E-state index contributed by atoms with van der Waals surface area (Å²) in [5.74, 6) is 1.00. The van der Waals surface area contributed by atoms with Gasteiger partial charge in [0.1, 0.15) is 5.76 Å². The Hall–Kier alpha value is -2.36. The van der Waals surface area contributed by atoms with Crippen LogP contribution in [0.3, 0.4) is 0 Å². The van der Waals surface area contributed by atoms with Crippen molar-refractivity contribution in [1.29, 1.82) is 0 Å². The number of carbonyl (C=O) groups is 2. The average molecular weight is 269 g/mol. The molecule has 0 spiro atoms. The molecule has 4 heteroatoms. The molecule has 0 atom stereocenters. The van der Waals surface area contributed by atoms with Crippen molar-refractivity contribution in [3.8, 4) is 0 Å². The largest absolute Gasteiger partial charge is 0.456 e. The number of ketones is 1. The van der Waals surface area contributed by atoms with Gasteiger partial charge in [-0.15, -0.1) is 0 Å². The average Bonchev–Trinajstić information content (AvgIpc) is 2.96. The normalized spacial score (nSPS) is 14.2. The smallest absolute Gasteiger partial charge is 0.294 e. The first-order chi connectivity index (χ1) is 9.70. The number of para-hydroxylation sites is 1. The molecule has 1 aromatic carbocycles. The van der Waals surface area contributed by atoms with Gasteiger partial charge < -0.3 is 9.32 Å². The minimum atomic E-state index is -0.190. The predicted octanol–water partition coefficient (Wildman–Crippen LogP) is 3.08. The fourth-order valence-corrected chi connectivity index (χ4v) is 2.44. The number of hydrogen-bond donors (Lipinski definition) is 0. The van der Waals surface area contributed by atoms with Crippen LogP contribution in [-0.4, -0.2) is 18.2 Å². The lowest BCUT2D eigenvalue weighted by Crippen LogP contribution is -2.37. The molecule has 0 N–H and O–H groups in total. The molecule has 3 rings (SSSR count). The highest BCUT2D eigenvalue weighted by molar-refractivity contribution is 6.12. The maximum absolute atomic E-state index is 12.5. The standard InChI is InChI=1S/C16H15NO3/c1-2-11-7-8-15(20-11)16(19)17-10-9-14(18)12-5-3-4-6-13(12)17/h3-8H,2,9-10H2,1H3. The van der Waals surface area contributed by atoms with Crippen LogP contribution in [0.1, 0.15) is 40.0 Å². The molecule has 0 aliphatic carbocycles. The van der Waals surface area contributed by atoms with Crippen molar-refractivity contribution in [3.63, 3.8) is 0 Å². The third-order valence-corrected chi connectivity index (χ3v) is 3.52. The molecule has 20 heavy (non-hydrogen) atoms. The van der Waals surface area contributed by atoms with Gasteiger partial charge in [-0.25, -0.2) is 0 Å². The summed E-state index contributed by atoms with van der Waals surface area (Å²) >= 11 is 0. The molecular weight excluding hydrogens is 254 g/mol. The number of furan rings is 1. The maximum atomic E-state index is 12.5. The Labute approximate surface area is 117 Å². The van der Waals surface area contributed by atoms with Crippen molar-refractivity contribution in [1.82, 2.24) is 0 Å². The Bertz CT molecular complexity index is 672. The second-order valence-corrected chi connectivity index (χ2v) is 4.77. The van der Waals surface area contributed by atoms with E-state index in [1.165, 1.54) is 0 Å². The number of Topliss-reactive ketones (excluding diaryl/α,β-unsaturated/α-hetero) is 1. The minimum absolute atomic E-state index is 0.0818. The van der Waals surface area contributed by atoms with Crippen LogP contribution < -0.4 is 4.90 Å². The number of anilines is 1. The summed E-state index contributed by atoms with van der Waals surface area (Å²) in [7, 11) is 0. The molecule has 2 aromatic rings. The van der Waals surface area contributed by atoms with Gasteiger partial charge in [-0.2, -0.15) is 0 Å². The van der Waals surface area contributed by atoms with E-state index in [2.05, 4.69) is 0 Å². The van der Waals surface area contributed by atoms with Crippen molar-refractivity contribution in [3.05, 3.63) is 53.5 Å². The second kappa shape index (κ2) is 4.96. The molecule has 0 bridgehead atoms. The molecule has 0 unspecified atom stereocenters. The number of carbonyl (C=O) groups excluding carboxylic acids is 2. The number of rotatable bonds is 2. The Balaban J connectivity index is 1.97. The highest BCUT2D eigenvalue weighted by atomic mass is 16.4. The highest BCUT2D eigenvalue weighted by Gasteiger charge is 2.28. The molecule has 1 aliphatic rings. The molecule has 0 radical (unpaired) electrons. The lowest BCUT2D eigenvalue weighted by atomic mass is 10.0. The van der Waals surface area contributed by atoms with Crippen LogP contribution in [0.5, 0.6) is 0 Å². The van der Waals surface area contributed by atoms with Gasteiger partial charge >= 0.3 is 0 Å². The second-order valence-electron chi connectivity index (χ2n) is 4.77. The van der Waals surface area contributed by atoms with Crippen LogP contribution in [0.2, 0.25) is 0 Å². The number of nitrogens with zero attached hydrogens (tertiary/aromatic N) is 1. The van der Waals surface area contributed by atoms with E-state index in [1.54, 1.807) is 23.1 Å². The molecule has 0 saturated heterocycles. The van der Waals surface area contributed by atoms with Crippen molar-refractivity contribution < 1.29 is 14.0 Å². The fraction of sp³-hybridized carbons (Fsp3) is 0.250. The summed E-state index contributed by atoms with van der Waals surface area (Å²) in [5, 5.41) is 0. The Morgan fingerprint density at radius 2 is 2.05 bits per heavy atom. The molecule has 0 fully saturated rings. The quantitative estimate of drug-likeness (QED) is 0.841. The fourth-order valence-electron chi connectivity index (χ4n) is 2.44. The van der Waals surface area contributed by atoms with Crippen LogP contribution >= 0.6 is 0 Å². The minimum Gasteiger partial charge on any atom is -0.456 e. The molecular formula is C16H15NO3. The highest BCUT2D eigenvalue weighted by Crippen LogP contribution is 2.28. The van der Waals surface area contributed by atoms with Gasteiger partial charge in [0.2, 0.25) is 0 Å². The lowest BCUT2D eigenvalue weighted by Gasteiger charge is -2.27. The third kappa shape index (κ3) is 2.03. The van der Waals surface area contributed by atoms with Gasteiger partial charge in [0.15, 0.2) is 11.5 Å². The zero-order chi connectivity index (χ0) is 14.1. The first-order valence-corrected chi connectivity index (χ1v) is 6.73. The number of fused-ring (bicyclic) bond motifs is 1. The van der Waals surface area contributed by atoms with Crippen LogP contribution in [-0.2, 0) is 6.42 Å². The van der Waals surface area contributed by atoms with E-state index in [-0.39, 0.29) is 11.7 Å². The van der Waals surface area contributed by atoms with Crippen LogP contribution in [0, 0.1) is 0 Å². The van der Waals surface area contributed by atoms with E-state index in [0.29, 0.717) is 30.0 Å². The van der Waals surface area contributed by atoms with Crippen LogP contribution in [0.25, 0.3) is 0 Å². The molecule has 0 saturated carbocycles. The molecule has 4 nitrogen and oxygen atoms in total. The number of benzene rings is 1. The van der Waals surface area contributed by atoms with E-state index < -0.39 is 0 Å². The van der Waals surface area contributed by atoms with Gasteiger partial charge in [0.05, 0.1) is 5.69 Å². The van der Waals surface area contributed by atoms with Crippen molar-refractivity contribution >= 4 is 17.4 Å².